The Labute approximate surface area is 169 Å². The largest absolute Gasteiger partial charge is 0.326 e. The van der Waals surface area contributed by atoms with Gasteiger partial charge in [-0.05, 0) is 80.6 Å². The molecule has 0 heterocycles. The van der Waals surface area contributed by atoms with Gasteiger partial charge in [0.05, 0.1) is 11.6 Å². The molecule has 3 rings (SSSR count). The molecule has 0 atom stereocenters. The highest BCUT2D eigenvalue weighted by atomic mass is 35.5. The second kappa shape index (κ2) is 8.90. The second-order valence-electron chi connectivity index (χ2n) is 7.18. The van der Waals surface area contributed by atoms with Gasteiger partial charge >= 0.3 is 0 Å². The van der Waals surface area contributed by atoms with E-state index < -0.39 is 0 Å². The summed E-state index contributed by atoms with van der Waals surface area (Å²) in [5, 5.41) is 15.3. The molecule has 0 aromatic heterocycles. The van der Waals surface area contributed by atoms with Crippen LogP contribution in [-0.4, -0.2) is 11.8 Å². The van der Waals surface area contributed by atoms with E-state index in [9.17, 15) is 9.59 Å². The monoisotopic (exact) mass is 395 g/mol. The van der Waals surface area contributed by atoms with Gasteiger partial charge in [-0.2, -0.15) is 5.26 Å². The van der Waals surface area contributed by atoms with Crippen molar-refractivity contribution in [3.05, 3.63) is 58.6 Å². The zero-order valence-electron chi connectivity index (χ0n) is 15.7. The van der Waals surface area contributed by atoms with Crippen molar-refractivity contribution in [2.45, 2.75) is 32.6 Å². The predicted octanol–water partition coefficient (Wildman–Crippen LogP) is 4.90. The molecule has 2 amide bonds. The lowest BCUT2D eigenvalue weighted by atomic mass is 9.81. The summed E-state index contributed by atoms with van der Waals surface area (Å²) >= 11 is 5.96. The molecule has 144 valence electrons. The number of nitrogens with one attached hydrogen (secondary N) is 2. The lowest BCUT2D eigenvalue weighted by molar-refractivity contribution is -0.125. The van der Waals surface area contributed by atoms with Gasteiger partial charge in [-0.25, -0.2) is 0 Å². The predicted molar refractivity (Wildman–Crippen MR) is 110 cm³/mol. The van der Waals surface area contributed by atoms with Gasteiger partial charge < -0.3 is 10.6 Å². The third-order valence-corrected chi connectivity index (χ3v) is 5.43. The molecule has 0 unspecified atom stereocenters. The Morgan fingerprint density at radius 3 is 2.07 bits per heavy atom. The molecule has 1 aliphatic carbocycles. The standard InChI is InChI=1S/C22H22ClN3O2/c1-14-12-18(23)8-11-20(14)26-22(28)17-6-4-16(5-7-17)21(27)25-19-9-2-15(13-24)3-10-19/h2-3,8-12,16-17H,4-7H2,1H3,(H,25,27)(H,26,28). The SMILES string of the molecule is Cc1cc(Cl)ccc1NC(=O)C1CCC(C(=O)Nc2ccc(C#N)cc2)CC1. The van der Waals surface area contributed by atoms with Crippen LogP contribution in [0.5, 0.6) is 0 Å². The van der Waals surface area contributed by atoms with Crippen molar-refractivity contribution >= 4 is 34.8 Å². The maximum Gasteiger partial charge on any atom is 0.227 e. The quantitative estimate of drug-likeness (QED) is 0.772. The number of aryl methyl sites for hydroxylation is 1. The molecule has 0 saturated heterocycles. The first-order chi connectivity index (χ1) is 13.5. The fraction of sp³-hybridized carbons (Fsp3) is 0.318. The molecule has 0 spiro atoms. The van der Waals surface area contributed by atoms with Crippen molar-refractivity contribution in [1.82, 2.24) is 0 Å². The minimum absolute atomic E-state index is 0.00336. The van der Waals surface area contributed by atoms with Crippen molar-refractivity contribution in [2.75, 3.05) is 10.6 Å². The van der Waals surface area contributed by atoms with Crippen LogP contribution in [0.15, 0.2) is 42.5 Å². The highest BCUT2D eigenvalue weighted by Gasteiger charge is 2.30. The van der Waals surface area contributed by atoms with Gasteiger partial charge in [0.2, 0.25) is 11.8 Å². The van der Waals surface area contributed by atoms with Gasteiger partial charge in [0.1, 0.15) is 0 Å². The Balaban J connectivity index is 1.51. The molecule has 0 bridgehead atoms. The van der Waals surface area contributed by atoms with Gasteiger partial charge in [-0.15, -0.1) is 0 Å². The number of amides is 2. The van der Waals surface area contributed by atoms with E-state index in [4.69, 9.17) is 16.9 Å². The molecule has 1 fully saturated rings. The van der Waals surface area contributed by atoms with Crippen LogP contribution in [0.4, 0.5) is 11.4 Å². The molecule has 2 aromatic rings. The molecule has 6 heteroatoms. The Morgan fingerprint density at radius 1 is 0.964 bits per heavy atom. The van der Waals surface area contributed by atoms with E-state index in [1.165, 1.54) is 0 Å². The lowest BCUT2D eigenvalue weighted by Gasteiger charge is -2.27. The highest BCUT2D eigenvalue weighted by Crippen LogP contribution is 2.31. The van der Waals surface area contributed by atoms with Gasteiger partial charge in [-0.3, -0.25) is 9.59 Å². The first-order valence-electron chi connectivity index (χ1n) is 9.34. The fourth-order valence-electron chi connectivity index (χ4n) is 3.49. The van der Waals surface area contributed by atoms with Crippen LogP contribution in [0.2, 0.25) is 5.02 Å². The van der Waals surface area contributed by atoms with Crippen molar-refractivity contribution in [3.63, 3.8) is 0 Å². The van der Waals surface area contributed by atoms with Crippen LogP contribution < -0.4 is 10.6 Å². The summed E-state index contributed by atoms with van der Waals surface area (Å²) in [6.45, 7) is 1.91. The number of anilines is 2. The second-order valence-corrected chi connectivity index (χ2v) is 7.61. The number of halogens is 1. The van der Waals surface area contributed by atoms with Crippen LogP contribution in [0.25, 0.3) is 0 Å². The number of benzene rings is 2. The summed E-state index contributed by atoms with van der Waals surface area (Å²) in [5.41, 5.74) is 2.94. The number of carbonyl (C=O) groups is 2. The smallest absolute Gasteiger partial charge is 0.227 e. The van der Waals surface area contributed by atoms with E-state index in [0.717, 1.165) is 11.3 Å². The fourth-order valence-corrected chi connectivity index (χ4v) is 3.72. The minimum Gasteiger partial charge on any atom is -0.326 e. The lowest BCUT2D eigenvalue weighted by Crippen LogP contribution is -2.32. The van der Waals surface area contributed by atoms with E-state index in [-0.39, 0.29) is 23.7 Å². The molecular weight excluding hydrogens is 374 g/mol. The first kappa shape index (κ1) is 19.9. The third-order valence-electron chi connectivity index (χ3n) is 5.20. The van der Waals surface area contributed by atoms with E-state index in [0.29, 0.717) is 42.0 Å². The topological polar surface area (TPSA) is 82.0 Å². The zero-order valence-corrected chi connectivity index (χ0v) is 16.4. The summed E-state index contributed by atoms with van der Waals surface area (Å²) in [6.07, 6.45) is 2.73. The molecular formula is C22H22ClN3O2. The maximum atomic E-state index is 12.6. The summed E-state index contributed by atoms with van der Waals surface area (Å²) in [5.74, 6) is -0.223. The molecule has 1 saturated carbocycles. The number of carbonyl (C=O) groups excluding carboxylic acids is 2. The average Bonchev–Trinajstić information content (AvgIpc) is 2.70. The number of nitriles is 1. The molecule has 28 heavy (non-hydrogen) atoms. The van der Waals surface area contributed by atoms with E-state index >= 15 is 0 Å². The van der Waals surface area contributed by atoms with Crippen molar-refractivity contribution < 1.29 is 9.59 Å². The minimum atomic E-state index is -0.100. The van der Waals surface area contributed by atoms with Gasteiger partial charge in [0.15, 0.2) is 0 Å². The Hall–Kier alpha value is -2.84. The van der Waals surface area contributed by atoms with E-state index in [2.05, 4.69) is 16.7 Å². The molecule has 2 aromatic carbocycles. The third kappa shape index (κ3) is 4.90. The average molecular weight is 396 g/mol. The molecule has 2 N–H and O–H groups in total. The summed E-state index contributed by atoms with van der Waals surface area (Å²) in [7, 11) is 0. The number of nitrogens with zero attached hydrogens (tertiary/aromatic N) is 1. The van der Waals surface area contributed by atoms with Crippen LogP contribution in [0.3, 0.4) is 0 Å². The van der Waals surface area contributed by atoms with Crippen LogP contribution in [0.1, 0.15) is 36.8 Å². The first-order valence-corrected chi connectivity index (χ1v) is 9.72. The summed E-state index contributed by atoms with van der Waals surface area (Å²) in [6, 6.07) is 14.2. The van der Waals surface area contributed by atoms with Crippen molar-refractivity contribution in [2.24, 2.45) is 11.8 Å². The Bertz CT molecular complexity index is 910. The molecule has 5 nitrogen and oxygen atoms in total. The number of hydrogen-bond donors (Lipinski definition) is 2. The van der Waals surface area contributed by atoms with E-state index in [1.54, 1.807) is 30.3 Å². The Morgan fingerprint density at radius 2 is 1.54 bits per heavy atom. The van der Waals surface area contributed by atoms with Crippen LogP contribution in [-0.2, 0) is 9.59 Å². The summed E-state index contributed by atoms with van der Waals surface area (Å²) in [4.78, 5) is 25.0. The van der Waals surface area contributed by atoms with Gasteiger partial charge in [-0.1, -0.05) is 11.6 Å². The normalized spacial score (nSPS) is 18.8. The zero-order chi connectivity index (χ0) is 20.1. The van der Waals surface area contributed by atoms with Crippen molar-refractivity contribution in [1.29, 1.82) is 5.26 Å². The van der Waals surface area contributed by atoms with Crippen LogP contribution in [0, 0.1) is 30.1 Å². The Kier molecular flexibility index (Phi) is 6.33. The molecule has 0 aliphatic heterocycles. The van der Waals surface area contributed by atoms with Crippen molar-refractivity contribution in [3.8, 4) is 6.07 Å². The van der Waals surface area contributed by atoms with Gasteiger partial charge in [0, 0.05) is 28.2 Å². The molecule has 1 aliphatic rings. The number of rotatable bonds is 4. The maximum absolute atomic E-state index is 12.6. The van der Waals surface area contributed by atoms with E-state index in [1.807, 2.05) is 19.1 Å². The summed E-state index contributed by atoms with van der Waals surface area (Å²) < 4.78 is 0. The van der Waals surface area contributed by atoms with Gasteiger partial charge in [0.25, 0.3) is 0 Å². The number of hydrogen-bond acceptors (Lipinski definition) is 3. The highest BCUT2D eigenvalue weighted by molar-refractivity contribution is 6.30. The molecule has 0 radical (unpaired) electrons. The van der Waals surface area contributed by atoms with Crippen LogP contribution >= 0.6 is 11.6 Å².